The molecule has 4 nitrogen and oxygen atoms in total. The summed E-state index contributed by atoms with van der Waals surface area (Å²) in [6.07, 6.45) is 0. The molecule has 0 bridgehead atoms. The van der Waals surface area contributed by atoms with Gasteiger partial charge in [-0.05, 0) is 13.0 Å². The second kappa shape index (κ2) is 6.58. The van der Waals surface area contributed by atoms with Crippen LogP contribution < -0.4 is 0 Å². The van der Waals surface area contributed by atoms with Crippen LogP contribution in [-0.2, 0) is 4.74 Å². The summed E-state index contributed by atoms with van der Waals surface area (Å²) in [5.41, 5.74) is 0. The predicted molar refractivity (Wildman–Crippen MR) is 85.1 cm³/mol. The third kappa shape index (κ3) is 3.43. The van der Waals surface area contributed by atoms with Gasteiger partial charge in [0.15, 0.2) is 5.16 Å². The van der Waals surface area contributed by atoms with Gasteiger partial charge in [0.1, 0.15) is 9.98 Å². The Morgan fingerprint density at radius 1 is 1.40 bits per heavy atom. The Morgan fingerprint density at radius 3 is 3.00 bits per heavy atom. The molecule has 7 heteroatoms. The first-order valence-corrected chi connectivity index (χ1v) is 8.77. The summed E-state index contributed by atoms with van der Waals surface area (Å²) in [6, 6.07) is 2.05. The van der Waals surface area contributed by atoms with E-state index in [2.05, 4.69) is 21.8 Å². The predicted octanol–water partition coefficient (Wildman–Crippen LogP) is 3.08. The van der Waals surface area contributed by atoms with Crippen LogP contribution in [0.4, 0.5) is 0 Å². The molecule has 2 aromatic heterocycles. The summed E-state index contributed by atoms with van der Waals surface area (Å²) in [6.45, 7) is 6.82. The monoisotopic (exact) mass is 329 g/mol. The van der Waals surface area contributed by atoms with E-state index in [1.807, 2.05) is 6.07 Å². The van der Waals surface area contributed by atoms with Gasteiger partial charge in [-0.15, -0.1) is 11.3 Å². The molecule has 0 spiro atoms. The molecule has 1 aliphatic rings. The average molecular weight is 330 g/mol. The Morgan fingerprint density at radius 2 is 2.20 bits per heavy atom. The molecule has 0 N–H and O–H groups in total. The van der Waals surface area contributed by atoms with Crippen LogP contribution in [0.5, 0.6) is 0 Å². The Balaban J connectivity index is 1.62. The molecular weight excluding hydrogens is 314 g/mol. The summed E-state index contributed by atoms with van der Waals surface area (Å²) >= 11 is 9.55. The van der Waals surface area contributed by atoms with E-state index in [-0.39, 0.29) is 0 Å². The largest absolute Gasteiger partial charge is 0.379 e. The first-order chi connectivity index (χ1) is 9.72. The topological polar surface area (TPSA) is 38.2 Å². The van der Waals surface area contributed by atoms with Crippen molar-refractivity contribution in [1.29, 1.82) is 0 Å². The minimum absolute atomic E-state index is 0.563. The zero-order valence-corrected chi connectivity index (χ0v) is 13.7. The lowest BCUT2D eigenvalue weighted by Crippen LogP contribution is -2.37. The van der Waals surface area contributed by atoms with Crippen LogP contribution in [0.3, 0.4) is 0 Å². The van der Waals surface area contributed by atoms with Gasteiger partial charge < -0.3 is 4.74 Å². The van der Waals surface area contributed by atoms with Crippen LogP contribution in [0.15, 0.2) is 11.2 Å². The van der Waals surface area contributed by atoms with E-state index >= 15 is 0 Å². The van der Waals surface area contributed by atoms with Crippen molar-refractivity contribution in [1.82, 2.24) is 14.9 Å². The molecule has 0 saturated carbocycles. The zero-order chi connectivity index (χ0) is 13.9. The minimum atomic E-state index is 0.563. The van der Waals surface area contributed by atoms with E-state index in [4.69, 9.17) is 16.3 Å². The second-order valence-corrected chi connectivity index (χ2v) is 7.33. The van der Waals surface area contributed by atoms with Crippen molar-refractivity contribution < 1.29 is 4.74 Å². The SMILES string of the molecule is Cc1cc2c(Cl)nc(SCCN3CCOCC3)nc2s1. The Hall–Kier alpha value is -0.400. The number of fused-ring (bicyclic) bond motifs is 1. The van der Waals surface area contributed by atoms with Crippen molar-refractivity contribution in [2.75, 3.05) is 38.6 Å². The van der Waals surface area contributed by atoms with Crippen molar-refractivity contribution in [3.05, 3.63) is 16.1 Å². The first-order valence-electron chi connectivity index (χ1n) is 6.59. The van der Waals surface area contributed by atoms with Gasteiger partial charge in [0, 0.05) is 35.7 Å². The maximum atomic E-state index is 6.22. The van der Waals surface area contributed by atoms with E-state index in [1.165, 1.54) is 4.88 Å². The Kier molecular flexibility index (Phi) is 4.78. The maximum Gasteiger partial charge on any atom is 0.190 e. The third-order valence-corrected chi connectivity index (χ3v) is 5.25. The van der Waals surface area contributed by atoms with Gasteiger partial charge in [-0.25, -0.2) is 9.97 Å². The van der Waals surface area contributed by atoms with Crippen LogP contribution in [-0.4, -0.2) is 53.5 Å². The van der Waals surface area contributed by atoms with Gasteiger partial charge >= 0.3 is 0 Å². The van der Waals surface area contributed by atoms with Crippen molar-refractivity contribution in [2.24, 2.45) is 0 Å². The number of aromatic nitrogens is 2. The summed E-state index contributed by atoms with van der Waals surface area (Å²) < 4.78 is 5.34. The van der Waals surface area contributed by atoms with Crippen molar-refractivity contribution in [3.8, 4) is 0 Å². The first kappa shape index (κ1) is 14.5. The van der Waals surface area contributed by atoms with E-state index in [9.17, 15) is 0 Å². The van der Waals surface area contributed by atoms with Crippen LogP contribution in [0.25, 0.3) is 10.2 Å². The lowest BCUT2D eigenvalue weighted by Gasteiger charge is -2.26. The quantitative estimate of drug-likeness (QED) is 0.489. The van der Waals surface area contributed by atoms with Crippen LogP contribution in [0, 0.1) is 6.92 Å². The fourth-order valence-corrected chi connectivity index (χ4v) is 4.26. The highest BCUT2D eigenvalue weighted by atomic mass is 35.5. The molecule has 2 aromatic rings. The van der Waals surface area contributed by atoms with Crippen molar-refractivity contribution >= 4 is 44.9 Å². The molecule has 1 aliphatic heterocycles. The van der Waals surface area contributed by atoms with E-state index in [0.717, 1.165) is 54.0 Å². The summed E-state index contributed by atoms with van der Waals surface area (Å²) in [7, 11) is 0. The van der Waals surface area contributed by atoms with E-state index in [1.54, 1.807) is 23.1 Å². The summed E-state index contributed by atoms with van der Waals surface area (Å²) in [5, 5.41) is 2.30. The Bertz CT molecular complexity index is 599. The number of hydrogen-bond acceptors (Lipinski definition) is 6. The normalized spacial score (nSPS) is 16.9. The molecule has 20 heavy (non-hydrogen) atoms. The molecule has 1 fully saturated rings. The number of thioether (sulfide) groups is 1. The fourth-order valence-electron chi connectivity index (χ4n) is 2.14. The third-order valence-electron chi connectivity index (χ3n) is 3.19. The second-order valence-electron chi connectivity index (χ2n) is 4.68. The summed E-state index contributed by atoms with van der Waals surface area (Å²) in [5.74, 6) is 0.978. The number of nitrogens with zero attached hydrogens (tertiary/aromatic N) is 3. The molecule has 108 valence electrons. The molecule has 3 rings (SSSR count). The molecule has 0 radical (unpaired) electrons. The van der Waals surface area contributed by atoms with E-state index in [0.29, 0.717) is 5.15 Å². The number of halogens is 1. The maximum absolute atomic E-state index is 6.22. The molecule has 3 heterocycles. The molecule has 0 unspecified atom stereocenters. The van der Waals surface area contributed by atoms with Crippen molar-refractivity contribution in [3.63, 3.8) is 0 Å². The number of rotatable bonds is 4. The number of thiophene rings is 1. The van der Waals surface area contributed by atoms with Gasteiger partial charge in [-0.2, -0.15) is 0 Å². The molecule has 1 saturated heterocycles. The van der Waals surface area contributed by atoms with Crippen molar-refractivity contribution in [2.45, 2.75) is 12.1 Å². The van der Waals surface area contributed by atoms with Gasteiger partial charge in [0.2, 0.25) is 0 Å². The molecule has 0 amide bonds. The van der Waals surface area contributed by atoms with Crippen LogP contribution in [0.1, 0.15) is 4.88 Å². The van der Waals surface area contributed by atoms with E-state index < -0.39 is 0 Å². The lowest BCUT2D eigenvalue weighted by molar-refractivity contribution is 0.0410. The standard InChI is InChI=1S/C13H16ClN3OS2/c1-9-8-10-11(14)15-13(16-12(10)20-9)19-7-4-17-2-5-18-6-3-17/h8H,2-7H2,1H3. The Labute approximate surface area is 131 Å². The lowest BCUT2D eigenvalue weighted by atomic mass is 10.4. The smallest absolute Gasteiger partial charge is 0.190 e. The number of morpholine rings is 1. The highest BCUT2D eigenvalue weighted by Crippen LogP contribution is 2.30. The number of hydrogen-bond donors (Lipinski definition) is 0. The number of ether oxygens (including phenoxy) is 1. The fraction of sp³-hybridized carbons (Fsp3) is 0.538. The average Bonchev–Trinajstić information content (AvgIpc) is 2.81. The molecule has 0 aromatic carbocycles. The molecular formula is C13H16ClN3OS2. The van der Waals surface area contributed by atoms with Crippen LogP contribution in [0.2, 0.25) is 5.15 Å². The highest BCUT2D eigenvalue weighted by molar-refractivity contribution is 7.99. The van der Waals surface area contributed by atoms with Gasteiger partial charge in [0.05, 0.1) is 13.2 Å². The van der Waals surface area contributed by atoms with Gasteiger partial charge in [-0.3, -0.25) is 4.90 Å². The summed E-state index contributed by atoms with van der Waals surface area (Å²) in [4.78, 5) is 13.6. The highest BCUT2D eigenvalue weighted by Gasteiger charge is 2.12. The van der Waals surface area contributed by atoms with Gasteiger partial charge in [0.25, 0.3) is 0 Å². The van der Waals surface area contributed by atoms with Gasteiger partial charge in [-0.1, -0.05) is 23.4 Å². The molecule has 0 aliphatic carbocycles. The zero-order valence-electron chi connectivity index (χ0n) is 11.3. The number of aryl methyl sites for hydroxylation is 1. The van der Waals surface area contributed by atoms with Crippen LogP contribution >= 0.6 is 34.7 Å². The minimum Gasteiger partial charge on any atom is -0.379 e. The molecule has 0 atom stereocenters.